The lowest BCUT2D eigenvalue weighted by Crippen LogP contribution is -2.54. The Morgan fingerprint density at radius 3 is 2.05 bits per heavy atom. The van der Waals surface area contributed by atoms with Gasteiger partial charge in [0.2, 0.25) is 11.8 Å². The van der Waals surface area contributed by atoms with E-state index in [4.69, 9.17) is 19.4 Å². The second-order valence-corrected chi connectivity index (χ2v) is 18.1. The summed E-state index contributed by atoms with van der Waals surface area (Å²) in [6.07, 6.45) is 7.04. The molecule has 14 heteroatoms. The number of benzene rings is 3. The summed E-state index contributed by atoms with van der Waals surface area (Å²) in [5.41, 5.74) is 11.0. The topological polar surface area (TPSA) is 175 Å². The molecule has 62 heavy (non-hydrogen) atoms. The van der Waals surface area contributed by atoms with Gasteiger partial charge in [0.1, 0.15) is 23.7 Å². The summed E-state index contributed by atoms with van der Waals surface area (Å²) < 4.78 is 9.64. The highest BCUT2D eigenvalue weighted by Gasteiger charge is 2.51. The second kappa shape index (κ2) is 16.6. The monoisotopic (exact) mass is 840 g/mol. The number of piperidine rings is 1. The summed E-state index contributed by atoms with van der Waals surface area (Å²) >= 11 is 0. The minimum Gasteiger partial charge on any atom is -0.453 e. The molecule has 3 aromatic carbocycles. The number of ether oxygens (including phenoxy) is 2. The van der Waals surface area contributed by atoms with E-state index in [9.17, 15) is 19.2 Å². The molecule has 1 saturated carbocycles. The molecule has 14 nitrogen and oxygen atoms in total. The van der Waals surface area contributed by atoms with Crippen LogP contribution in [0.2, 0.25) is 0 Å². The van der Waals surface area contributed by atoms with Gasteiger partial charge in [-0.05, 0) is 120 Å². The molecule has 2 aliphatic heterocycles. The first-order chi connectivity index (χ1) is 29.9. The summed E-state index contributed by atoms with van der Waals surface area (Å²) in [7, 11) is 2.61. The third-order valence-corrected chi connectivity index (χ3v) is 13.7. The number of hydrogen-bond donors (Lipinski definition) is 4. The van der Waals surface area contributed by atoms with Gasteiger partial charge in [-0.2, -0.15) is 0 Å². The van der Waals surface area contributed by atoms with Gasteiger partial charge in [-0.15, -0.1) is 0 Å². The number of rotatable bonds is 10. The molecule has 5 aromatic rings. The minimum atomic E-state index is -0.683. The highest BCUT2D eigenvalue weighted by atomic mass is 16.5. The van der Waals surface area contributed by atoms with Gasteiger partial charge in [0.05, 0.1) is 49.2 Å². The van der Waals surface area contributed by atoms with E-state index in [0.717, 1.165) is 90.0 Å². The molecule has 0 radical (unpaired) electrons. The van der Waals surface area contributed by atoms with Crippen molar-refractivity contribution in [2.75, 3.05) is 20.8 Å². The molecule has 4 heterocycles. The van der Waals surface area contributed by atoms with Crippen molar-refractivity contribution >= 4 is 35.0 Å². The van der Waals surface area contributed by atoms with Gasteiger partial charge >= 0.3 is 12.2 Å². The van der Waals surface area contributed by atoms with E-state index in [0.29, 0.717) is 12.5 Å². The summed E-state index contributed by atoms with van der Waals surface area (Å²) in [6, 6.07) is 18.1. The molecular formula is C48H56N8O6. The summed E-state index contributed by atoms with van der Waals surface area (Å²) in [6.45, 7) is 8.31. The fourth-order valence-electron chi connectivity index (χ4n) is 10.5. The number of fused-ring (bicyclic) bond motifs is 6. The van der Waals surface area contributed by atoms with E-state index in [1.165, 1.54) is 36.5 Å². The van der Waals surface area contributed by atoms with Gasteiger partial charge in [-0.1, -0.05) is 64.1 Å². The number of carbonyl (C=O) groups is 4. The Morgan fingerprint density at radius 2 is 1.37 bits per heavy atom. The number of aryl methyl sites for hydroxylation is 2. The van der Waals surface area contributed by atoms with Crippen molar-refractivity contribution in [1.82, 2.24) is 40.4 Å². The Bertz CT molecular complexity index is 2540. The highest BCUT2D eigenvalue weighted by molar-refractivity contribution is 5.88. The van der Waals surface area contributed by atoms with Crippen molar-refractivity contribution in [2.24, 2.45) is 17.8 Å². The lowest BCUT2D eigenvalue weighted by Gasteiger charge is -2.37. The number of nitrogens with one attached hydrogen (secondary N) is 4. The number of amides is 4. The predicted molar refractivity (Wildman–Crippen MR) is 235 cm³/mol. The van der Waals surface area contributed by atoms with Crippen molar-refractivity contribution in [1.29, 1.82) is 0 Å². The van der Waals surface area contributed by atoms with E-state index in [1.807, 2.05) is 43.7 Å². The summed E-state index contributed by atoms with van der Waals surface area (Å²) in [5.74, 6) is 1.45. The van der Waals surface area contributed by atoms with Crippen molar-refractivity contribution in [2.45, 2.75) is 103 Å². The average molecular weight is 841 g/mol. The largest absolute Gasteiger partial charge is 0.453 e. The van der Waals surface area contributed by atoms with Crippen LogP contribution in [0, 0.1) is 17.8 Å². The number of likely N-dealkylation sites (tertiary alicyclic amines) is 2. The van der Waals surface area contributed by atoms with E-state index in [-0.39, 0.29) is 41.8 Å². The van der Waals surface area contributed by atoms with Crippen LogP contribution < -0.4 is 10.6 Å². The zero-order valence-corrected chi connectivity index (χ0v) is 36.3. The SMILES string of the molecule is COC(=O)N[C@H](C(=O)N1CCC[C@H]1c1ncc(-c2ccc3c(c2)CCc2cc(-c4ccc5nc([C@@H]6[C@H]7CC[C@H](C7)N6C(=O)[C@@H](NC(=O)OC)C(C)C)[nH]c5c4)ccc2-3)[nH]1)C(C)C. The number of carbonyl (C=O) groups excluding carboxylic acids is 4. The van der Waals surface area contributed by atoms with E-state index >= 15 is 0 Å². The van der Waals surface area contributed by atoms with Crippen LogP contribution in [0.4, 0.5) is 9.59 Å². The van der Waals surface area contributed by atoms with Gasteiger partial charge in [-0.25, -0.2) is 19.6 Å². The molecule has 3 fully saturated rings. The third-order valence-electron chi connectivity index (χ3n) is 13.7. The zero-order chi connectivity index (χ0) is 43.4. The van der Waals surface area contributed by atoms with Crippen molar-refractivity contribution in [3.05, 3.63) is 83.6 Å². The van der Waals surface area contributed by atoms with E-state index in [2.05, 4.69) is 75.2 Å². The Kier molecular flexibility index (Phi) is 11.0. The Balaban J connectivity index is 0.920. The normalized spacial score (nSPS) is 21.2. The maximum atomic E-state index is 14.1. The van der Waals surface area contributed by atoms with Crippen LogP contribution in [0.1, 0.15) is 94.7 Å². The van der Waals surface area contributed by atoms with Crippen LogP contribution >= 0.6 is 0 Å². The number of aromatic nitrogens is 4. The molecule has 4 aliphatic rings. The molecule has 9 rings (SSSR count). The number of H-pyrrole nitrogens is 2. The fraction of sp³-hybridized carbons (Fsp3) is 0.458. The molecule has 0 unspecified atom stereocenters. The van der Waals surface area contributed by atoms with Crippen LogP contribution in [-0.2, 0) is 31.9 Å². The average Bonchev–Trinajstić information content (AvgIpc) is 4.14. The van der Waals surface area contributed by atoms with Crippen LogP contribution in [0.15, 0.2) is 60.8 Å². The lowest BCUT2D eigenvalue weighted by molar-refractivity contribution is -0.139. The Hall–Kier alpha value is -6.18. The molecule has 2 aromatic heterocycles. The summed E-state index contributed by atoms with van der Waals surface area (Å²) in [4.78, 5) is 72.7. The second-order valence-electron chi connectivity index (χ2n) is 18.1. The van der Waals surface area contributed by atoms with Gasteiger partial charge in [-0.3, -0.25) is 9.59 Å². The molecule has 4 amide bonds. The highest BCUT2D eigenvalue weighted by Crippen LogP contribution is 2.50. The van der Waals surface area contributed by atoms with Crippen LogP contribution in [-0.4, -0.2) is 92.6 Å². The molecule has 2 bridgehead atoms. The quantitative estimate of drug-likeness (QED) is 0.110. The minimum absolute atomic E-state index is 0.0834. The predicted octanol–water partition coefficient (Wildman–Crippen LogP) is 7.86. The maximum Gasteiger partial charge on any atom is 0.407 e. The summed E-state index contributed by atoms with van der Waals surface area (Å²) in [5, 5.41) is 5.50. The van der Waals surface area contributed by atoms with Crippen molar-refractivity contribution < 1.29 is 28.7 Å². The van der Waals surface area contributed by atoms with Gasteiger partial charge in [0, 0.05) is 12.6 Å². The molecule has 2 aliphatic carbocycles. The standard InChI is InChI=1S/C48H56N8O6/c1-25(2)40(53-47(59)61-5)45(57)55-19-7-8-39(55)43-49-24-38(52-43)31-13-17-35-30(21-31)10-9-29-20-27(12-16-34(29)35)28-14-18-36-37(23-28)51-44(50-36)42-32-11-15-33(22-32)56(42)46(58)41(26(3)4)54-48(60)62-6/h12-14,16-18,20-21,23-26,32-33,39-42H,7-11,15,19,22H2,1-6H3,(H,49,52)(H,50,51)(H,53,59)(H,54,60)/t32-,33+,39-,40-,41-,42-/m0/s1. The Labute approximate surface area is 361 Å². The zero-order valence-electron chi connectivity index (χ0n) is 36.3. The molecule has 2 saturated heterocycles. The Morgan fingerprint density at radius 1 is 0.742 bits per heavy atom. The maximum absolute atomic E-state index is 14.1. The van der Waals surface area contributed by atoms with E-state index in [1.54, 1.807) is 0 Å². The van der Waals surface area contributed by atoms with Crippen LogP contribution in [0.25, 0.3) is 44.5 Å². The number of hydrogen-bond acceptors (Lipinski definition) is 8. The number of methoxy groups -OCH3 is 2. The van der Waals surface area contributed by atoms with Gasteiger partial charge in [0.15, 0.2) is 0 Å². The molecule has 4 N–H and O–H groups in total. The van der Waals surface area contributed by atoms with Crippen LogP contribution in [0.5, 0.6) is 0 Å². The molecule has 324 valence electrons. The van der Waals surface area contributed by atoms with Crippen LogP contribution in [0.3, 0.4) is 0 Å². The van der Waals surface area contributed by atoms with Crippen molar-refractivity contribution in [3.8, 4) is 33.5 Å². The van der Waals surface area contributed by atoms with Crippen molar-refractivity contribution in [3.63, 3.8) is 0 Å². The third kappa shape index (κ3) is 7.47. The van der Waals surface area contributed by atoms with Gasteiger partial charge < -0.3 is 39.9 Å². The first-order valence-corrected chi connectivity index (χ1v) is 22.1. The smallest absolute Gasteiger partial charge is 0.407 e. The number of alkyl carbamates (subject to hydrolysis) is 2. The molecule has 6 atom stereocenters. The first-order valence-electron chi connectivity index (χ1n) is 22.1. The number of nitrogens with zero attached hydrogens (tertiary/aromatic N) is 4. The first kappa shape index (κ1) is 41.2. The fourth-order valence-corrected chi connectivity index (χ4v) is 10.5. The lowest BCUT2D eigenvalue weighted by atomic mass is 9.83. The number of imidazole rings is 2. The number of aromatic amines is 2. The molecular weight excluding hydrogens is 785 g/mol. The van der Waals surface area contributed by atoms with E-state index < -0.39 is 24.3 Å². The molecule has 0 spiro atoms. The van der Waals surface area contributed by atoms with Gasteiger partial charge in [0.25, 0.3) is 0 Å².